The molecular formula is C21H24FN3O4S. The van der Waals surface area contributed by atoms with Gasteiger partial charge >= 0.3 is 0 Å². The molecule has 0 saturated heterocycles. The highest BCUT2D eigenvalue weighted by Crippen LogP contribution is 2.09. The van der Waals surface area contributed by atoms with E-state index < -0.39 is 46.4 Å². The van der Waals surface area contributed by atoms with E-state index in [0.717, 1.165) is 0 Å². The van der Waals surface area contributed by atoms with Crippen molar-refractivity contribution >= 4 is 28.5 Å². The summed E-state index contributed by atoms with van der Waals surface area (Å²) in [6.45, 7) is 1.26. The summed E-state index contributed by atoms with van der Waals surface area (Å²) in [6.07, 6.45) is 0.180. The van der Waals surface area contributed by atoms with Crippen LogP contribution in [0.2, 0.25) is 0 Å². The van der Waals surface area contributed by atoms with Crippen LogP contribution in [0.3, 0.4) is 0 Å². The molecule has 0 saturated carbocycles. The van der Waals surface area contributed by atoms with Crippen molar-refractivity contribution in [1.82, 2.24) is 10.6 Å². The van der Waals surface area contributed by atoms with Gasteiger partial charge in [0, 0.05) is 24.0 Å². The fourth-order valence-corrected chi connectivity index (χ4v) is 3.93. The van der Waals surface area contributed by atoms with Gasteiger partial charge in [-0.25, -0.2) is 4.39 Å². The molecule has 9 heteroatoms. The van der Waals surface area contributed by atoms with Crippen LogP contribution in [0, 0.1) is 5.82 Å². The predicted molar refractivity (Wildman–Crippen MR) is 111 cm³/mol. The Morgan fingerprint density at radius 3 is 2.20 bits per heavy atom. The number of carbonyl (C=O) groups is 3. The van der Waals surface area contributed by atoms with Gasteiger partial charge in [-0.3, -0.25) is 18.6 Å². The summed E-state index contributed by atoms with van der Waals surface area (Å²) < 4.78 is 25.5. The minimum atomic E-state index is -1.35. The average molecular weight is 434 g/mol. The number of halogens is 1. The number of benzene rings is 2. The minimum Gasteiger partial charge on any atom is -0.368 e. The monoisotopic (exact) mass is 433 g/mol. The normalized spacial score (nSPS) is 13.7. The lowest BCUT2D eigenvalue weighted by Gasteiger charge is -2.21. The minimum absolute atomic E-state index is 0.0753. The largest absolute Gasteiger partial charge is 0.368 e. The summed E-state index contributed by atoms with van der Waals surface area (Å²) in [6, 6.07) is 12.2. The molecule has 160 valence electrons. The Morgan fingerprint density at radius 2 is 1.63 bits per heavy atom. The Morgan fingerprint density at radius 1 is 1.00 bits per heavy atom. The predicted octanol–water partition coefficient (Wildman–Crippen LogP) is 1.04. The Hall–Kier alpha value is -3.07. The van der Waals surface area contributed by atoms with Gasteiger partial charge in [-0.1, -0.05) is 30.3 Å². The van der Waals surface area contributed by atoms with Crippen LogP contribution >= 0.6 is 0 Å². The van der Waals surface area contributed by atoms with Crippen molar-refractivity contribution in [3.05, 3.63) is 66.0 Å². The fraction of sp³-hybridized carbons (Fsp3) is 0.286. The Balaban J connectivity index is 2.03. The third-order valence-corrected chi connectivity index (χ3v) is 5.71. The van der Waals surface area contributed by atoms with Crippen molar-refractivity contribution in [2.75, 3.05) is 5.75 Å². The molecule has 3 amide bonds. The molecule has 30 heavy (non-hydrogen) atoms. The number of primary amides is 1. The summed E-state index contributed by atoms with van der Waals surface area (Å²) in [7, 11) is -1.35. The lowest BCUT2D eigenvalue weighted by molar-refractivity contribution is -0.130. The van der Waals surface area contributed by atoms with Crippen LogP contribution in [-0.2, 0) is 31.6 Å². The number of amides is 3. The average Bonchev–Trinajstić information content (AvgIpc) is 2.71. The molecule has 0 bridgehead atoms. The number of rotatable bonds is 10. The number of nitrogens with one attached hydrogen (secondary N) is 2. The summed E-state index contributed by atoms with van der Waals surface area (Å²) in [5.41, 5.74) is 6.03. The molecular weight excluding hydrogens is 409 g/mol. The standard InChI is InChI=1S/C21H24FN3O4S/c1-14(26)24-19(13-15-7-9-16(22)10-8-15)21(28)25-18(20(23)27)11-12-30(29)17-5-3-2-4-6-17/h2-10,18-19H,11-13H2,1H3,(H2,23,27)(H,24,26)(H,25,28)/t18-,19+,30+/m0/s1. The Bertz CT molecular complexity index is 906. The molecule has 0 aliphatic carbocycles. The van der Waals surface area contributed by atoms with Crippen LogP contribution < -0.4 is 16.4 Å². The van der Waals surface area contributed by atoms with E-state index >= 15 is 0 Å². The molecule has 0 fully saturated rings. The molecule has 2 aromatic carbocycles. The zero-order valence-electron chi connectivity index (χ0n) is 16.5. The first-order chi connectivity index (χ1) is 14.3. The lowest BCUT2D eigenvalue weighted by atomic mass is 10.0. The van der Waals surface area contributed by atoms with E-state index in [-0.39, 0.29) is 18.6 Å². The smallest absolute Gasteiger partial charge is 0.243 e. The number of nitrogens with two attached hydrogens (primary N) is 1. The molecule has 0 aromatic heterocycles. The maximum Gasteiger partial charge on any atom is 0.243 e. The van der Waals surface area contributed by atoms with Gasteiger partial charge in [0.2, 0.25) is 17.7 Å². The first kappa shape index (κ1) is 23.2. The lowest BCUT2D eigenvalue weighted by Crippen LogP contribution is -2.53. The van der Waals surface area contributed by atoms with Crippen LogP contribution in [0.4, 0.5) is 4.39 Å². The first-order valence-electron chi connectivity index (χ1n) is 9.31. The molecule has 7 nitrogen and oxygen atoms in total. The molecule has 4 N–H and O–H groups in total. The summed E-state index contributed by atoms with van der Waals surface area (Å²) in [5.74, 6) is -2.10. The van der Waals surface area contributed by atoms with Crippen molar-refractivity contribution in [2.24, 2.45) is 5.73 Å². The van der Waals surface area contributed by atoms with Gasteiger partial charge in [0.1, 0.15) is 17.9 Å². The van der Waals surface area contributed by atoms with E-state index in [1.807, 2.05) is 0 Å². The molecule has 3 atom stereocenters. The maximum atomic E-state index is 13.1. The molecule has 2 rings (SSSR count). The zero-order chi connectivity index (χ0) is 22.1. The van der Waals surface area contributed by atoms with Gasteiger partial charge in [0.25, 0.3) is 0 Å². The van der Waals surface area contributed by atoms with E-state index in [1.54, 1.807) is 30.3 Å². The first-order valence-corrected chi connectivity index (χ1v) is 10.6. The quantitative estimate of drug-likeness (QED) is 0.519. The number of carbonyl (C=O) groups excluding carboxylic acids is 3. The van der Waals surface area contributed by atoms with Gasteiger partial charge in [-0.05, 0) is 36.2 Å². The van der Waals surface area contributed by atoms with Crippen molar-refractivity contribution in [1.29, 1.82) is 0 Å². The topological polar surface area (TPSA) is 118 Å². The molecule has 0 spiro atoms. The van der Waals surface area contributed by atoms with Gasteiger partial charge in [0.15, 0.2) is 0 Å². The molecule has 0 unspecified atom stereocenters. The highest BCUT2D eigenvalue weighted by Gasteiger charge is 2.25. The molecule has 0 radical (unpaired) electrons. The number of hydrogen-bond donors (Lipinski definition) is 3. The van der Waals surface area contributed by atoms with Crippen LogP contribution in [-0.4, -0.2) is 39.8 Å². The highest BCUT2D eigenvalue weighted by molar-refractivity contribution is 7.85. The van der Waals surface area contributed by atoms with E-state index in [4.69, 9.17) is 5.73 Å². The maximum absolute atomic E-state index is 13.1. The second kappa shape index (κ2) is 11.2. The van der Waals surface area contributed by atoms with E-state index in [2.05, 4.69) is 10.6 Å². The summed E-state index contributed by atoms with van der Waals surface area (Å²) in [4.78, 5) is 36.6. The Labute approximate surface area is 176 Å². The van der Waals surface area contributed by atoms with Gasteiger partial charge < -0.3 is 16.4 Å². The van der Waals surface area contributed by atoms with Crippen molar-refractivity contribution in [2.45, 2.75) is 36.7 Å². The highest BCUT2D eigenvalue weighted by atomic mass is 32.2. The molecule has 2 aromatic rings. The van der Waals surface area contributed by atoms with Crippen LogP contribution in [0.5, 0.6) is 0 Å². The van der Waals surface area contributed by atoms with Crippen LogP contribution in [0.1, 0.15) is 18.9 Å². The molecule has 0 heterocycles. The second-order valence-electron chi connectivity index (χ2n) is 6.70. The summed E-state index contributed by atoms with van der Waals surface area (Å²) >= 11 is 0. The SMILES string of the molecule is CC(=O)N[C@H](Cc1ccc(F)cc1)C(=O)N[C@@H](CC[S@@](=O)c1ccccc1)C(N)=O. The van der Waals surface area contributed by atoms with E-state index in [9.17, 15) is 23.0 Å². The van der Waals surface area contributed by atoms with Crippen LogP contribution in [0.25, 0.3) is 0 Å². The molecule has 0 aliphatic rings. The third-order valence-electron chi connectivity index (χ3n) is 4.31. The van der Waals surface area contributed by atoms with Crippen LogP contribution in [0.15, 0.2) is 59.5 Å². The second-order valence-corrected chi connectivity index (χ2v) is 8.27. The van der Waals surface area contributed by atoms with Gasteiger partial charge in [-0.2, -0.15) is 0 Å². The Kier molecular flexibility index (Phi) is 8.67. The fourth-order valence-electron chi connectivity index (χ4n) is 2.78. The van der Waals surface area contributed by atoms with Gasteiger partial charge in [0.05, 0.1) is 10.8 Å². The van der Waals surface area contributed by atoms with Crippen molar-refractivity contribution in [3.8, 4) is 0 Å². The third kappa shape index (κ3) is 7.40. The van der Waals surface area contributed by atoms with Crippen molar-refractivity contribution in [3.63, 3.8) is 0 Å². The van der Waals surface area contributed by atoms with E-state index in [1.165, 1.54) is 31.2 Å². The summed E-state index contributed by atoms with van der Waals surface area (Å²) in [5, 5.41) is 5.04. The zero-order valence-corrected chi connectivity index (χ0v) is 17.3. The van der Waals surface area contributed by atoms with E-state index in [0.29, 0.717) is 10.5 Å². The van der Waals surface area contributed by atoms with Gasteiger partial charge in [-0.15, -0.1) is 0 Å². The van der Waals surface area contributed by atoms with Crippen molar-refractivity contribution < 1.29 is 23.0 Å². The number of hydrogen-bond acceptors (Lipinski definition) is 4. The molecule has 0 aliphatic heterocycles.